The molecule has 17 heavy (non-hydrogen) atoms. The van der Waals surface area contributed by atoms with E-state index in [2.05, 4.69) is 15.0 Å². The highest BCUT2D eigenvalue weighted by Gasteiger charge is 2.11. The molecule has 1 aromatic carbocycles. The molecule has 0 unspecified atom stereocenters. The number of benzene rings is 1. The Hall–Kier alpha value is -1.95. The summed E-state index contributed by atoms with van der Waals surface area (Å²) >= 11 is 5.89. The fourth-order valence-electron chi connectivity index (χ4n) is 1.25. The van der Waals surface area contributed by atoms with Crippen molar-refractivity contribution in [2.45, 2.75) is 0 Å². The van der Waals surface area contributed by atoms with E-state index in [1.807, 2.05) is 0 Å². The summed E-state index contributed by atoms with van der Waals surface area (Å²) < 4.78 is 17.8. The summed E-state index contributed by atoms with van der Waals surface area (Å²) in [5, 5.41) is 0.192. The number of nitrogens with zero attached hydrogens (tertiary/aromatic N) is 3. The molecule has 2 N–H and O–H groups in total. The number of nitrogens with two attached hydrogens (primary N) is 1. The van der Waals surface area contributed by atoms with Crippen molar-refractivity contribution in [3.8, 4) is 17.4 Å². The Labute approximate surface area is 101 Å². The summed E-state index contributed by atoms with van der Waals surface area (Å²) in [4.78, 5) is 11.6. The summed E-state index contributed by atoms with van der Waals surface area (Å²) in [5.74, 6) is -0.195. The van der Waals surface area contributed by atoms with Gasteiger partial charge in [-0.15, -0.1) is 0 Å². The second-order valence-corrected chi connectivity index (χ2v) is 3.54. The Morgan fingerprint density at radius 2 is 2.06 bits per heavy atom. The summed E-state index contributed by atoms with van der Waals surface area (Å²) in [6.45, 7) is 0. The number of nitrogen functional groups attached to an aromatic ring is 1. The molecule has 0 spiro atoms. The highest BCUT2D eigenvalue weighted by molar-refractivity contribution is 6.33. The third kappa shape index (κ3) is 2.42. The maximum absolute atomic E-state index is 12.9. The van der Waals surface area contributed by atoms with Crippen molar-refractivity contribution in [1.29, 1.82) is 0 Å². The number of aromatic nitrogens is 3. The molecule has 2 aromatic rings. The number of ether oxygens (including phenoxy) is 1. The van der Waals surface area contributed by atoms with Crippen LogP contribution in [0.4, 0.5) is 10.3 Å². The van der Waals surface area contributed by atoms with E-state index >= 15 is 0 Å². The van der Waals surface area contributed by atoms with Crippen LogP contribution in [0.25, 0.3) is 11.4 Å². The van der Waals surface area contributed by atoms with E-state index in [0.717, 1.165) is 0 Å². The standard InChI is InChI=1S/C10H8ClFN4O/c1-17-10-15-8(14-9(13)16-10)6-3-2-5(12)4-7(6)11/h2-4H,1H3,(H2,13,14,15,16). The van der Waals surface area contributed by atoms with Crippen molar-refractivity contribution in [2.24, 2.45) is 0 Å². The van der Waals surface area contributed by atoms with Gasteiger partial charge in [0.2, 0.25) is 5.95 Å². The smallest absolute Gasteiger partial charge is 0.321 e. The molecule has 0 fully saturated rings. The number of halogens is 2. The predicted octanol–water partition coefficient (Wildman–Crippen LogP) is 1.92. The lowest BCUT2D eigenvalue weighted by atomic mass is 10.2. The van der Waals surface area contributed by atoms with Gasteiger partial charge in [-0.2, -0.15) is 15.0 Å². The first kappa shape index (κ1) is 11.5. The monoisotopic (exact) mass is 254 g/mol. The minimum absolute atomic E-state index is 0.00671. The van der Waals surface area contributed by atoms with Crippen LogP contribution in [0.5, 0.6) is 6.01 Å². The molecule has 2 rings (SSSR count). The largest absolute Gasteiger partial charge is 0.467 e. The fourth-order valence-corrected chi connectivity index (χ4v) is 1.51. The average Bonchev–Trinajstić information content (AvgIpc) is 2.28. The van der Waals surface area contributed by atoms with E-state index in [1.165, 1.54) is 25.3 Å². The van der Waals surface area contributed by atoms with Gasteiger partial charge in [0, 0.05) is 5.56 Å². The molecule has 88 valence electrons. The molecule has 1 aromatic heterocycles. The molecule has 0 saturated carbocycles. The van der Waals surface area contributed by atoms with E-state index < -0.39 is 5.82 Å². The van der Waals surface area contributed by atoms with Crippen molar-refractivity contribution >= 4 is 17.5 Å². The van der Waals surface area contributed by atoms with Gasteiger partial charge in [0.05, 0.1) is 12.1 Å². The zero-order valence-electron chi connectivity index (χ0n) is 8.82. The Bertz CT molecular complexity index is 564. The molecule has 0 aliphatic rings. The second-order valence-electron chi connectivity index (χ2n) is 3.13. The third-order valence-electron chi connectivity index (χ3n) is 1.99. The van der Waals surface area contributed by atoms with Crippen LogP contribution in [0.2, 0.25) is 5.02 Å². The molecule has 0 saturated heterocycles. The van der Waals surface area contributed by atoms with Crippen LogP contribution in [0.15, 0.2) is 18.2 Å². The molecule has 0 amide bonds. The van der Waals surface area contributed by atoms with Crippen molar-refractivity contribution in [3.63, 3.8) is 0 Å². The molecule has 7 heteroatoms. The molecular weight excluding hydrogens is 247 g/mol. The third-order valence-corrected chi connectivity index (χ3v) is 2.30. The van der Waals surface area contributed by atoms with Crippen LogP contribution in [0.3, 0.4) is 0 Å². The zero-order valence-corrected chi connectivity index (χ0v) is 9.57. The van der Waals surface area contributed by atoms with Gasteiger partial charge in [0.1, 0.15) is 5.82 Å². The maximum atomic E-state index is 12.9. The molecule has 5 nitrogen and oxygen atoms in total. The van der Waals surface area contributed by atoms with Gasteiger partial charge in [-0.05, 0) is 18.2 Å². The average molecular weight is 255 g/mol. The highest BCUT2D eigenvalue weighted by atomic mass is 35.5. The molecule has 0 aliphatic carbocycles. The Morgan fingerprint density at radius 3 is 2.71 bits per heavy atom. The van der Waals surface area contributed by atoms with Crippen LogP contribution in [0.1, 0.15) is 0 Å². The summed E-state index contributed by atoms with van der Waals surface area (Å²) in [6.07, 6.45) is 0. The van der Waals surface area contributed by atoms with Gasteiger partial charge in [0.15, 0.2) is 5.82 Å². The number of hydrogen-bond donors (Lipinski definition) is 1. The Kier molecular flexibility index (Phi) is 3.06. The quantitative estimate of drug-likeness (QED) is 0.886. The Balaban J connectivity index is 2.55. The first-order valence-electron chi connectivity index (χ1n) is 4.61. The number of hydrogen-bond acceptors (Lipinski definition) is 5. The summed E-state index contributed by atoms with van der Waals surface area (Å²) in [7, 11) is 1.41. The van der Waals surface area contributed by atoms with Crippen molar-refractivity contribution in [1.82, 2.24) is 15.0 Å². The van der Waals surface area contributed by atoms with Gasteiger partial charge in [-0.25, -0.2) is 4.39 Å². The topological polar surface area (TPSA) is 73.9 Å². The molecule has 0 aliphatic heterocycles. The van der Waals surface area contributed by atoms with Crippen molar-refractivity contribution < 1.29 is 9.13 Å². The van der Waals surface area contributed by atoms with E-state index in [4.69, 9.17) is 22.1 Å². The van der Waals surface area contributed by atoms with Gasteiger partial charge >= 0.3 is 6.01 Å². The highest BCUT2D eigenvalue weighted by Crippen LogP contribution is 2.26. The lowest BCUT2D eigenvalue weighted by molar-refractivity contribution is 0.379. The van der Waals surface area contributed by atoms with E-state index in [0.29, 0.717) is 5.56 Å². The van der Waals surface area contributed by atoms with E-state index in [-0.39, 0.29) is 22.8 Å². The van der Waals surface area contributed by atoms with Crippen LogP contribution in [0, 0.1) is 5.82 Å². The first-order chi connectivity index (χ1) is 8.10. The SMILES string of the molecule is COc1nc(N)nc(-c2ccc(F)cc2Cl)n1. The predicted molar refractivity (Wildman–Crippen MR) is 61.2 cm³/mol. The molecule has 0 bridgehead atoms. The fraction of sp³-hybridized carbons (Fsp3) is 0.100. The maximum Gasteiger partial charge on any atom is 0.321 e. The lowest BCUT2D eigenvalue weighted by Crippen LogP contribution is -2.02. The van der Waals surface area contributed by atoms with Crippen molar-refractivity contribution in [3.05, 3.63) is 29.0 Å². The van der Waals surface area contributed by atoms with Gasteiger partial charge in [-0.1, -0.05) is 11.6 Å². The number of rotatable bonds is 2. The number of anilines is 1. The normalized spacial score (nSPS) is 10.3. The Morgan fingerprint density at radius 1 is 1.29 bits per heavy atom. The van der Waals surface area contributed by atoms with Crippen LogP contribution in [-0.4, -0.2) is 22.1 Å². The lowest BCUT2D eigenvalue weighted by Gasteiger charge is -2.05. The van der Waals surface area contributed by atoms with Crippen molar-refractivity contribution in [2.75, 3.05) is 12.8 Å². The minimum Gasteiger partial charge on any atom is -0.467 e. The van der Waals surface area contributed by atoms with Crippen LogP contribution >= 0.6 is 11.6 Å². The van der Waals surface area contributed by atoms with E-state index in [9.17, 15) is 4.39 Å². The van der Waals surface area contributed by atoms with E-state index in [1.54, 1.807) is 0 Å². The van der Waals surface area contributed by atoms with Crippen LogP contribution < -0.4 is 10.5 Å². The zero-order chi connectivity index (χ0) is 12.4. The second kappa shape index (κ2) is 4.50. The molecule has 0 atom stereocenters. The molecular formula is C10H8ClFN4O. The minimum atomic E-state index is -0.437. The summed E-state index contributed by atoms with van der Waals surface area (Å²) in [5.41, 5.74) is 5.95. The first-order valence-corrected chi connectivity index (χ1v) is 4.99. The van der Waals surface area contributed by atoms with Gasteiger partial charge < -0.3 is 10.5 Å². The van der Waals surface area contributed by atoms with Crippen LogP contribution in [-0.2, 0) is 0 Å². The molecule has 0 radical (unpaired) electrons. The summed E-state index contributed by atoms with van der Waals surface area (Å²) in [6, 6.07) is 3.97. The van der Waals surface area contributed by atoms with Gasteiger partial charge in [0.25, 0.3) is 0 Å². The van der Waals surface area contributed by atoms with Gasteiger partial charge in [-0.3, -0.25) is 0 Å². The molecule has 1 heterocycles. The number of methoxy groups -OCH3 is 1.